The average Bonchev–Trinajstić information content (AvgIpc) is 2.56. The number of aliphatic imine (C=N–C) groups is 1. The van der Waals surface area contributed by atoms with Crippen LogP contribution in [0.4, 0.5) is 30.2 Å². The molecule has 0 aliphatic carbocycles. The topological polar surface area (TPSA) is 27.6 Å². The van der Waals surface area contributed by atoms with E-state index in [4.69, 9.17) is 11.6 Å². The van der Waals surface area contributed by atoms with Gasteiger partial charge < -0.3 is 10.2 Å². The Morgan fingerprint density at radius 2 is 1.88 bits per heavy atom. The third kappa shape index (κ3) is 6.14. The smallest absolute Gasteiger partial charge is 0.366 e. The van der Waals surface area contributed by atoms with Gasteiger partial charge in [0.05, 0.1) is 17.0 Å². The zero-order valence-corrected chi connectivity index (χ0v) is 16.1. The van der Waals surface area contributed by atoms with Gasteiger partial charge in [-0.15, -0.1) is 0 Å². The van der Waals surface area contributed by atoms with Crippen LogP contribution in [0.25, 0.3) is 0 Å². The number of thioether (sulfide) groups is 1. The summed E-state index contributed by atoms with van der Waals surface area (Å²) in [5.41, 5.74) is -1.26. The van der Waals surface area contributed by atoms with Gasteiger partial charge in [0, 0.05) is 29.9 Å². The van der Waals surface area contributed by atoms with Gasteiger partial charge in [-0.25, -0.2) is 4.99 Å². The van der Waals surface area contributed by atoms with E-state index in [0.717, 1.165) is 17.8 Å². The van der Waals surface area contributed by atoms with Gasteiger partial charge >= 0.3 is 5.51 Å². The molecule has 2 aromatic rings. The van der Waals surface area contributed by atoms with Crippen LogP contribution >= 0.6 is 23.4 Å². The van der Waals surface area contributed by atoms with Crippen LogP contribution in [0.2, 0.25) is 5.02 Å². The first-order chi connectivity index (χ1) is 12.2. The largest absolute Gasteiger partial charge is 0.446 e. The van der Waals surface area contributed by atoms with Crippen LogP contribution in [-0.2, 0) is 0 Å². The zero-order valence-electron chi connectivity index (χ0n) is 14.6. The molecule has 2 rings (SSSR count). The van der Waals surface area contributed by atoms with E-state index in [0.29, 0.717) is 16.4 Å². The Kier molecular flexibility index (Phi) is 6.83. The van der Waals surface area contributed by atoms with Crippen molar-refractivity contribution in [1.29, 1.82) is 0 Å². The SMILES string of the molecule is CCN(C)/C=N\c1cc(C)c(Nc2ccc(SC(F)(F)F)cc2)cc1Cl. The van der Waals surface area contributed by atoms with Gasteiger partial charge in [0.1, 0.15) is 0 Å². The monoisotopic (exact) mass is 401 g/mol. The molecule has 140 valence electrons. The molecule has 3 nitrogen and oxygen atoms in total. The fraction of sp³-hybridized carbons (Fsp3) is 0.278. The van der Waals surface area contributed by atoms with E-state index < -0.39 is 5.51 Å². The molecule has 1 N–H and O–H groups in total. The molecule has 0 unspecified atom stereocenters. The Labute approximate surface area is 160 Å². The maximum absolute atomic E-state index is 12.4. The fourth-order valence-corrected chi connectivity index (χ4v) is 2.79. The Morgan fingerprint density at radius 3 is 2.46 bits per heavy atom. The summed E-state index contributed by atoms with van der Waals surface area (Å²) in [5, 5.41) is 3.66. The molecule has 0 spiro atoms. The van der Waals surface area contributed by atoms with Crippen molar-refractivity contribution in [2.75, 3.05) is 18.9 Å². The zero-order chi connectivity index (χ0) is 19.3. The van der Waals surface area contributed by atoms with Crippen LogP contribution < -0.4 is 5.32 Å². The van der Waals surface area contributed by atoms with Crippen molar-refractivity contribution in [2.24, 2.45) is 4.99 Å². The normalized spacial score (nSPS) is 11.8. The fourth-order valence-electron chi connectivity index (χ4n) is 2.04. The van der Waals surface area contributed by atoms with E-state index >= 15 is 0 Å². The summed E-state index contributed by atoms with van der Waals surface area (Å²) in [7, 11) is 1.92. The lowest BCUT2D eigenvalue weighted by molar-refractivity contribution is -0.0328. The minimum atomic E-state index is -4.29. The van der Waals surface area contributed by atoms with E-state index in [9.17, 15) is 13.2 Å². The number of rotatable bonds is 6. The number of halogens is 4. The summed E-state index contributed by atoms with van der Waals surface area (Å²) in [6.07, 6.45) is 1.71. The highest BCUT2D eigenvalue weighted by atomic mass is 35.5. The van der Waals surface area contributed by atoms with Gasteiger partial charge in [0.2, 0.25) is 0 Å². The number of nitrogens with one attached hydrogen (secondary N) is 1. The second-order valence-electron chi connectivity index (χ2n) is 5.63. The van der Waals surface area contributed by atoms with Crippen molar-refractivity contribution < 1.29 is 13.2 Å². The highest BCUT2D eigenvalue weighted by molar-refractivity contribution is 8.00. The Bertz CT molecular complexity index is 776. The number of nitrogens with zero attached hydrogens (tertiary/aromatic N) is 2. The molecule has 0 atom stereocenters. The molecule has 2 aromatic carbocycles. The van der Waals surface area contributed by atoms with E-state index in [1.54, 1.807) is 24.5 Å². The predicted octanol–water partition coefficient (Wildman–Crippen LogP) is 6.62. The molecule has 0 radical (unpaired) electrons. The van der Waals surface area contributed by atoms with Crippen molar-refractivity contribution in [3.8, 4) is 0 Å². The second-order valence-corrected chi connectivity index (χ2v) is 7.18. The standard InChI is InChI=1S/C18H19ClF3N3S/c1-4-25(3)11-23-17-9-12(2)16(10-15(17)19)24-13-5-7-14(8-6-13)26-18(20,21)22/h5-11,24H,4H2,1-3H3/b23-11-. The highest BCUT2D eigenvalue weighted by Gasteiger charge is 2.28. The molecule has 0 amide bonds. The Hall–Kier alpha value is -1.86. The van der Waals surface area contributed by atoms with Crippen molar-refractivity contribution in [3.63, 3.8) is 0 Å². The number of hydrogen-bond donors (Lipinski definition) is 1. The first-order valence-corrected chi connectivity index (χ1v) is 9.05. The molecule has 0 aromatic heterocycles. The number of anilines is 2. The van der Waals surface area contributed by atoms with Crippen LogP contribution in [0.1, 0.15) is 12.5 Å². The molecule has 0 saturated heterocycles. The molecule has 0 bridgehead atoms. The summed E-state index contributed by atoms with van der Waals surface area (Å²) in [5.74, 6) is 0. The van der Waals surface area contributed by atoms with Crippen LogP contribution in [0, 0.1) is 6.92 Å². The molecule has 26 heavy (non-hydrogen) atoms. The van der Waals surface area contributed by atoms with Crippen LogP contribution in [0.15, 0.2) is 46.3 Å². The minimum absolute atomic E-state index is 0.136. The summed E-state index contributed by atoms with van der Waals surface area (Å²) < 4.78 is 37.1. The molecule has 0 aliphatic heterocycles. The van der Waals surface area contributed by atoms with Gasteiger partial charge in [-0.2, -0.15) is 13.2 Å². The van der Waals surface area contributed by atoms with E-state index in [1.807, 2.05) is 31.9 Å². The van der Waals surface area contributed by atoms with Gasteiger partial charge in [-0.05, 0) is 67.6 Å². The Morgan fingerprint density at radius 1 is 1.23 bits per heavy atom. The lowest BCUT2D eigenvalue weighted by Gasteiger charge is -2.13. The molecule has 0 saturated carbocycles. The quantitative estimate of drug-likeness (QED) is 0.335. The maximum atomic E-state index is 12.4. The Balaban J connectivity index is 2.14. The van der Waals surface area contributed by atoms with Crippen molar-refractivity contribution in [1.82, 2.24) is 4.90 Å². The van der Waals surface area contributed by atoms with Crippen molar-refractivity contribution in [2.45, 2.75) is 24.3 Å². The third-order valence-corrected chi connectivity index (χ3v) is 4.60. The predicted molar refractivity (Wildman–Crippen MR) is 104 cm³/mol. The summed E-state index contributed by atoms with van der Waals surface area (Å²) in [6.45, 7) is 4.77. The third-order valence-electron chi connectivity index (χ3n) is 3.55. The number of aryl methyl sites for hydroxylation is 1. The van der Waals surface area contributed by atoms with Crippen molar-refractivity contribution in [3.05, 3.63) is 47.0 Å². The van der Waals surface area contributed by atoms with Gasteiger partial charge in [-0.1, -0.05) is 11.6 Å². The van der Waals surface area contributed by atoms with Gasteiger partial charge in [0.25, 0.3) is 0 Å². The molecule has 0 fully saturated rings. The molecular formula is C18H19ClF3N3S. The molecule has 8 heteroatoms. The van der Waals surface area contributed by atoms with Crippen molar-refractivity contribution >= 4 is 46.8 Å². The summed E-state index contributed by atoms with van der Waals surface area (Å²) in [4.78, 5) is 6.43. The van der Waals surface area contributed by atoms with E-state index in [1.165, 1.54) is 12.1 Å². The van der Waals surface area contributed by atoms with Gasteiger partial charge in [0.15, 0.2) is 0 Å². The van der Waals surface area contributed by atoms with Crippen LogP contribution in [0.5, 0.6) is 0 Å². The number of alkyl halides is 3. The lowest BCUT2D eigenvalue weighted by atomic mass is 10.1. The molecular weight excluding hydrogens is 383 g/mol. The average molecular weight is 402 g/mol. The lowest BCUT2D eigenvalue weighted by Crippen LogP contribution is -2.14. The summed E-state index contributed by atoms with van der Waals surface area (Å²) in [6, 6.07) is 9.67. The second kappa shape index (κ2) is 8.68. The van der Waals surface area contributed by atoms with E-state index in [-0.39, 0.29) is 16.7 Å². The van der Waals surface area contributed by atoms with E-state index in [2.05, 4.69) is 10.3 Å². The van der Waals surface area contributed by atoms with Crippen LogP contribution in [0.3, 0.4) is 0 Å². The number of hydrogen-bond acceptors (Lipinski definition) is 3. The van der Waals surface area contributed by atoms with Crippen LogP contribution in [-0.4, -0.2) is 30.3 Å². The summed E-state index contributed by atoms with van der Waals surface area (Å²) >= 11 is 6.16. The highest BCUT2D eigenvalue weighted by Crippen LogP contribution is 2.37. The molecule has 0 heterocycles. The maximum Gasteiger partial charge on any atom is 0.446 e. The first-order valence-electron chi connectivity index (χ1n) is 7.85. The number of benzene rings is 2. The molecule has 0 aliphatic rings. The first kappa shape index (κ1) is 20.5. The van der Waals surface area contributed by atoms with Gasteiger partial charge in [-0.3, -0.25) is 0 Å². The minimum Gasteiger partial charge on any atom is -0.366 e.